The number of hydrogen-bond donors (Lipinski definition) is 1. The van der Waals surface area contributed by atoms with Gasteiger partial charge in [-0.3, -0.25) is 29.6 Å². The second kappa shape index (κ2) is 7.04. The maximum atomic E-state index is 12.3. The van der Waals surface area contributed by atoms with Gasteiger partial charge in [-0.05, 0) is 24.3 Å². The van der Waals surface area contributed by atoms with Crippen LogP contribution in [0.3, 0.4) is 0 Å². The highest BCUT2D eigenvalue weighted by atomic mass is 32.1. The van der Waals surface area contributed by atoms with Crippen LogP contribution in [0.2, 0.25) is 0 Å². The Bertz CT molecular complexity index is 999. The van der Waals surface area contributed by atoms with E-state index in [2.05, 4.69) is 20.5 Å². The summed E-state index contributed by atoms with van der Waals surface area (Å²) in [6.45, 7) is 0.206. The first kappa shape index (κ1) is 17.0. The maximum Gasteiger partial charge on any atom is 0.261 e. The molecule has 0 saturated heterocycles. The Morgan fingerprint density at radius 3 is 2.44 bits per heavy atom. The molecular weight excluding hydrogens is 366 g/mol. The molecule has 3 heterocycles. The van der Waals surface area contributed by atoms with Gasteiger partial charge in [0.15, 0.2) is 0 Å². The van der Waals surface area contributed by atoms with Gasteiger partial charge in [-0.1, -0.05) is 23.5 Å². The molecule has 3 amide bonds. The van der Waals surface area contributed by atoms with E-state index in [1.807, 2.05) is 0 Å². The van der Waals surface area contributed by atoms with Crippen molar-refractivity contribution in [1.29, 1.82) is 0 Å². The maximum absolute atomic E-state index is 12.3. The molecule has 9 heteroatoms. The number of anilines is 1. The summed E-state index contributed by atoms with van der Waals surface area (Å²) in [5.74, 6) is -0.929. The highest BCUT2D eigenvalue weighted by molar-refractivity contribution is 7.15. The molecule has 0 saturated carbocycles. The van der Waals surface area contributed by atoms with E-state index in [1.165, 1.54) is 22.4 Å². The number of nitrogens with zero attached hydrogens (tertiary/aromatic N) is 4. The molecule has 1 N–H and O–H groups in total. The van der Waals surface area contributed by atoms with Gasteiger partial charge >= 0.3 is 0 Å². The summed E-state index contributed by atoms with van der Waals surface area (Å²) in [6.07, 6.45) is 3.41. The van der Waals surface area contributed by atoms with Gasteiger partial charge in [0.1, 0.15) is 5.01 Å². The van der Waals surface area contributed by atoms with E-state index in [9.17, 15) is 14.4 Å². The lowest BCUT2D eigenvalue weighted by molar-refractivity contribution is 0.0655. The number of pyridine rings is 1. The minimum atomic E-state index is -0.328. The van der Waals surface area contributed by atoms with Gasteiger partial charge in [0.25, 0.3) is 17.7 Å². The molecule has 0 bridgehead atoms. The summed E-state index contributed by atoms with van der Waals surface area (Å²) < 4.78 is 0. The van der Waals surface area contributed by atoms with Crippen molar-refractivity contribution in [2.24, 2.45) is 0 Å². The van der Waals surface area contributed by atoms with Crippen molar-refractivity contribution >= 4 is 34.2 Å². The SMILES string of the molecule is O=C(Nc1nnc(CCN2C(=O)c3ccccc3C2=O)s1)c1cccnc1. The van der Waals surface area contributed by atoms with Crippen LogP contribution in [0.1, 0.15) is 36.1 Å². The molecule has 0 spiro atoms. The quantitative estimate of drug-likeness (QED) is 0.680. The van der Waals surface area contributed by atoms with E-state index in [1.54, 1.807) is 42.6 Å². The van der Waals surface area contributed by atoms with E-state index in [4.69, 9.17) is 0 Å². The third kappa shape index (κ3) is 3.32. The lowest BCUT2D eigenvalue weighted by Crippen LogP contribution is -2.31. The average molecular weight is 379 g/mol. The number of aromatic nitrogens is 3. The molecule has 27 heavy (non-hydrogen) atoms. The minimum Gasteiger partial charge on any atom is -0.296 e. The molecule has 0 atom stereocenters. The Morgan fingerprint density at radius 1 is 1.04 bits per heavy atom. The first-order valence-electron chi connectivity index (χ1n) is 8.12. The molecule has 0 aliphatic carbocycles. The largest absolute Gasteiger partial charge is 0.296 e. The third-order valence-electron chi connectivity index (χ3n) is 4.04. The molecule has 1 aromatic carbocycles. The highest BCUT2D eigenvalue weighted by Gasteiger charge is 2.34. The summed E-state index contributed by atoms with van der Waals surface area (Å²) in [5.41, 5.74) is 1.26. The first-order valence-corrected chi connectivity index (χ1v) is 8.94. The Balaban J connectivity index is 1.39. The molecule has 1 aliphatic heterocycles. The normalized spacial score (nSPS) is 13.0. The minimum absolute atomic E-state index is 0.206. The van der Waals surface area contributed by atoms with Gasteiger partial charge in [-0.2, -0.15) is 0 Å². The van der Waals surface area contributed by atoms with E-state index in [0.717, 1.165) is 0 Å². The fourth-order valence-electron chi connectivity index (χ4n) is 2.72. The van der Waals surface area contributed by atoms with Crippen molar-refractivity contribution in [1.82, 2.24) is 20.1 Å². The Morgan fingerprint density at radius 2 is 1.78 bits per heavy atom. The van der Waals surface area contributed by atoms with Gasteiger partial charge in [-0.15, -0.1) is 10.2 Å². The summed E-state index contributed by atoms with van der Waals surface area (Å²) in [7, 11) is 0. The van der Waals surface area contributed by atoms with Crippen LogP contribution in [0.4, 0.5) is 5.13 Å². The number of carbonyl (C=O) groups is 3. The molecular formula is C18H13N5O3S. The zero-order valence-electron chi connectivity index (χ0n) is 14.0. The Hall–Kier alpha value is -3.46. The Kier molecular flexibility index (Phi) is 4.43. The fraction of sp³-hybridized carbons (Fsp3) is 0.111. The van der Waals surface area contributed by atoms with Crippen molar-refractivity contribution in [3.05, 3.63) is 70.5 Å². The molecule has 0 radical (unpaired) electrons. The van der Waals surface area contributed by atoms with Crippen molar-refractivity contribution in [3.63, 3.8) is 0 Å². The van der Waals surface area contributed by atoms with Crippen LogP contribution in [0.15, 0.2) is 48.8 Å². The van der Waals surface area contributed by atoms with E-state index < -0.39 is 0 Å². The van der Waals surface area contributed by atoms with Gasteiger partial charge in [-0.25, -0.2) is 0 Å². The van der Waals surface area contributed by atoms with Crippen LogP contribution in [0.25, 0.3) is 0 Å². The summed E-state index contributed by atoms with van der Waals surface area (Å²) in [6, 6.07) is 10.1. The summed E-state index contributed by atoms with van der Waals surface area (Å²) >= 11 is 1.20. The number of rotatable bonds is 5. The van der Waals surface area contributed by atoms with Crippen LogP contribution in [-0.4, -0.2) is 44.3 Å². The number of benzene rings is 1. The Labute approximate surface area is 157 Å². The number of carbonyl (C=O) groups excluding carboxylic acids is 3. The van der Waals surface area contributed by atoms with Crippen LogP contribution < -0.4 is 5.32 Å². The van der Waals surface area contributed by atoms with E-state index >= 15 is 0 Å². The monoisotopic (exact) mass is 379 g/mol. The first-order chi connectivity index (χ1) is 13.1. The second-order valence-corrected chi connectivity index (χ2v) is 6.82. The van der Waals surface area contributed by atoms with Crippen molar-refractivity contribution < 1.29 is 14.4 Å². The van der Waals surface area contributed by atoms with Gasteiger partial charge in [0.05, 0.1) is 16.7 Å². The molecule has 0 fully saturated rings. The van der Waals surface area contributed by atoms with E-state index in [0.29, 0.717) is 33.3 Å². The van der Waals surface area contributed by atoms with Crippen LogP contribution in [0.5, 0.6) is 0 Å². The lowest BCUT2D eigenvalue weighted by Gasteiger charge is -2.12. The average Bonchev–Trinajstić information content (AvgIpc) is 3.24. The van der Waals surface area contributed by atoms with Crippen molar-refractivity contribution in [3.8, 4) is 0 Å². The fourth-order valence-corrected chi connectivity index (χ4v) is 3.44. The van der Waals surface area contributed by atoms with Crippen LogP contribution in [0, 0.1) is 0 Å². The molecule has 2 aromatic heterocycles. The molecule has 0 unspecified atom stereocenters. The van der Waals surface area contributed by atoms with Crippen molar-refractivity contribution in [2.45, 2.75) is 6.42 Å². The molecule has 1 aliphatic rings. The smallest absolute Gasteiger partial charge is 0.261 e. The van der Waals surface area contributed by atoms with Gasteiger partial charge in [0.2, 0.25) is 5.13 Å². The number of hydrogen-bond acceptors (Lipinski definition) is 7. The third-order valence-corrected chi connectivity index (χ3v) is 4.94. The molecule has 4 rings (SSSR count). The number of nitrogens with one attached hydrogen (secondary N) is 1. The number of fused-ring (bicyclic) bond motifs is 1. The van der Waals surface area contributed by atoms with Gasteiger partial charge < -0.3 is 0 Å². The standard InChI is InChI=1S/C18H13N5O3S/c24-15(11-4-3-8-19-10-11)20-18-22-21-14(27-18)7-9-23-16(25)12-5-1-2-6-13(12)17(23)26/h1-6,8,10H,7,9H2,(H,20,22,24). The zero-order chi connectivity index (χ0) is 18.8. The zero-order valence-corrected chi connectivity index (χ0v) is 14.8. The molecule has 8 nitrogen and oxygen atoms in total. The second-order valence-electron chi connectivity index (χ2n) is 5.75. The summed E-state index contributed by atoms with van der Waals surface area (Å²) in [5, 5.41) is 11.6. The van der Waals surface area contributed by atoms with Crippen LogP contribution in [-0.2, 0) is 6.42 Å². The topological polar surface area (TPSA) is 105 Å². The number of amides is 3. The molecule has 3 aromatic rings. The highest BCUT2D eigenvalue weighted by Crippen LogP contribution is 2.23. The van der Waals surface area contributed by atoms with Gasteiger partial charge in [0, 0.05) is 25.4 Å². The predicted octanol–water partition coefficient (Wildman–Crippen LogP) is 2.02. The molecule has 134 valence electrons. The van der Waals surface area contributed by atoms with Crippen LogP contribution >= 0.6 is 11.3 Å². The summed E-state index contributed by atoms with van der Waals surface area (Å²) in [4.78, 5) is 41.9. The number of imide groups is 1. The predicted molar refractivity (Wildman–Crippen MR) is 97.6 cm³/mol. The van der Waals surface area contributed by atoms with Crippen molar-refractivity contribution in [2.75, 3.05) is 11.9 Å². The lowest BCUT2D eigenvalue weighted by atomic mass is 10.1. The van der Waals surface area contributed by atoms with E-state index in [-0.39, 0.29) is 24.3 Å².